The fourth-order valence-corrected chi connectivity index (χ4v) is 4.53. The summed E-state index contributed by atoms with van der Waals surface area (Å²) in [5.74, 6) is 0.703. The third kappa shape index (κ3) is 7.18. The molecule has 4 nitrogen and oxygen atoms in total. The number of piperidine rings is 1. The topological polar surface area (TPSA) is 38.3 Å². The summed E-state index contributed by atoms with van der Waals surface area (Å²) in [6.07, 6.45) is 7.43. The van der Waals surface area contributed by atoms with Crippen LogP contribution in [0.3, 0.4) is 0 Å². The van der Waals surface area contributed by atoms with E-state index in [4.69, 9.17) is 4.74 Å². The second kappa shape index (κ2) is 12.2. The number of rotatable bonds is 7. The van der Waals surface area contributed by atoms with Crippen molar-refractivity contribution in [3.8, 4) is 16.9 Å². The Morgan fingerprint density at radius 2 is 1.65 bits per heavy atom. The number of likely N-dealkylation sites (tertiary alicyclic amines) is 1. The molecule has 0 spiro atoms. The van der Waals surface area contributed by atoms with Crippen molar-refractivity contribution in [3.63, 3.8) is 0 Å². The van der Waals surface area contributed by atoms with Gasteiger partial charge < -0.3 is 38.5 Å². The molecule has 0 radical (unpaired) electrons. The molecule has 5 heteroatoms. The number of halogens is 1. The minimum absolute atomic E-state index is 0. The van der Waals surface area contributed by atoms with E-state index in [1.807, 2.05) is 54.6 Å². The van der Waals surface area contributed by atoms with Gasteiger partial charge in [-0.1, -0.05) is 42.5 Å². The zero-order valence-electron chi connectivity index (χ0n) is 20.0. The van der Waals surface area contributed by atoms with Crippen LogP contribution in [-0.4, -0.2) is 37.6 Å². The van der Waals surface area contributed by atoms with Gasteiger partial charge >= 0.3 is 0 Å². The number of carbonyl (C=O) groups excluding carboxylic acids is 1. The maximum Gasteiger partial charge on any atom is 0.248 e. The van der Waals surface area contributed by atoms with Crippen LogP contribution in [0.4, 0.5) is 5.69 Å². The van der Waals surface area contributed by atoms with Crippen molar-refractivity contribution in [1.29, 1.82) is 0 Å². The highest BCUT2D eigenvalue weighted by molar-refractivity contribution is 6.02. The number of anilines is 1. The Balaban J connectivity index is 0.00000324. The molecule has 3 aromatic carbocycles. The molecule has 3 aromatic rings. The predicted octanol–water partition coefficient (Wildman–Crippen LogP) is 3.15. The van der Waals surface area contributed by atoms with Gasteiger partial charge in [-0.2, -0.15) is 0 Å². The molecule has 4 rings (SSSR count). The molecular weight excluding hydrogens is 535 g/mol. The average Bonchev–Trinajstić information content (AvgIpc) is 2.84. The van der Waals surface area contributed by atoms with Gasteiger partial charge in [0.2, 0.25) is 5.91 Å². The molecule has 34 heavy (non-hydrogen) atoms. The molecule has 1 amide bonds. The van der Waals surface area contributed by atoms with Crippen molar-refractivity contribution in [3.05, 3.63) is 90.0 Å². The SMILES string of the molecule is COc1ccc(-c2cccc(C=CC(=O)Nc3ccc(C[N+]4(C)CCCCC4)cc3)c2)cc1.[I-]. The lowest BCUT2D eigenvalue weighted by Crippen LogP contribution is -3.00. The van der Waals surface area contributed by atoms with Crippen LogP contribution in [0, 0.1) is 0 Å². The van der Waals surface area contributed by atoms with E-state index in [-0.39, 0.29) is 29.9 Å². The molecule has 0 atom stereocenters. The number of quaternary nitrogens is 1. The van der Waals surface area contributed by atoms with Gasteiger partial charge in [0.25, 0.3) is 0 Å². The van der Waals surface area contributed by atoms with E-state index in [0.29, 0.717) is 0 Å². The van der Waals surface area contributed by atoms with Crippen LogP contribution in [0.2, 0.25) is 0 Å². The van der Waals surface area contributed by atoms with Crippen LogP contribution >= 0.6 is 0 Å². The summed E-state index contributed by atoms with van der Waals surface area (Å²) in [6, 6.07) is 24.4. The van der Waals surface area contributed by atoms with E-state index in [2.05, 4.69) is 36.6 Å². The molecule has 1 aliphatic rings. The summed E-state index contributed by atoms with van der Waals surface area (Å²) in [7, 11) is 4.01. The maximum atomic E-state index is 12.4. The fraction of sp³-hybridized carbons (Fsp3) is 0.276. The summed E-state index contributed by atoms with van der Waals surface area (Å²) in [5.41, 5.74) is 5.33. The van der Waals surface area contributed by atoms with Crippen molar-refractivity contribution in [2.75, 3.05) is 32.6 Å². The van der Waals surface area contributed by atoms with E-state index in [1.165, 1.54) is 37.9 Å². The molecule has 1 fully saturated rings. The number of carbonyl (C=O) groups is 1. The third-order valence-corrected chi connectivity index (χ3v) is 6.42. The number of nitrogens with zero attached hydrogens (tertiary/aromatic N) is 1. The quantitative estimate of drug-likeness (QED) is 0.270. The number of hydrogen-bond donors (Lipinski definition) is 1. The van der Waals surface area contributed by atoms with Gasteiger partial charge in [-0.25, -0.2) is 0 Å². The molecule has 0 aliphatic carbocycles. The molecule has 178 valence electrons. The van der Waals surface area contributed by atoms with Gasteiger partial charge in [-0.3, -0.25) is 4.79 Å². The highest BCUT2D eigenvalue weighted by atomic mass is 127. The van der Waals surface area contributed by atoms with E-state index in [9.17, 15) is 4.79 Å². The maximum absolute atomic E-state index is 12.4. The summed E-state index contributed by atoms with van der Waals surface area (Å²) < 4.78 is 6.35. The Labute approximate surface area is 220 Å². The van der Waals surface area contributed by atoms with E-state index in [1.54, 1.807) is 13.2 Å². The Hall–Kier alpha value is -2.64. The first-order valence-electron chi connectivity index (χ1n) is 11.7. The zero-order valence-corrected chi connectivity index (χ0v) is 22.1. The number of methoxy groups -OCH3 is 1. The van der Waals surface area contributed by atoms with Gasteiger partial charge in [0.1, 0.15) is 12.3 Å². The Bertz CT molecular complexity index is 1100. The van der Waals surface area contributed by atoms with Crippen LogP contribution in [0.25, 0.3) is 17.2 Å². The second-order valence-corrected chi connectivity index (χ2v) is 9.16. The summed E-state index contributed by atoms with van der Waals surface area (Å²) in [6.45, 7) is 3.56. The number of ether oxygens (including phenoxy) is 1. The molecular formula is C29H33IN2O2. The lowest BCUT2D eigenvalue weighted by Gasteiger charge is -2.37. The van der Waals surface area contributed by atoms with Crippen molar-refractivity contribution < 1.29 is 38.0 Å². The predicted molar refractivity (Wildman–Crippen MR) is 136 cm³/mol. The van der Waals surface area contributed by atoms with Crippen molar-refractivity contribution >= 4 is 17.7 Å². The zero-order chi connectivity index (χ0) is 23.1. The number of nitrogens with one attached hydrogen (secondary N) is 1. The number of hydrogen-bond acceptors (Lipinski definition) is 2. The normalized spacial score (nSPS) is 14.9. The minimum Gasteiger partial charge on any atom is -1.00 e. The molecule has 1 heterocycles. The smallest absolute Gasteiger partial charge is 0.248 e. The molecule has 0 saturated carbocycles. The molecule has 0 bridgehead atoms. The van der Waals surface area contributed by atoms with E-state index < -0.39 is 0 Å². The summed E-state index contributed by atoms with van der Waals surface area (Å²) in [5, 5.41) is 2.97. The molecule has 1 saturated heterocycles. The van der Waals surface area contributed by atoms with Crippen molar-refractivity contribution in [2.45, 2.75) is 25.8 Å². The highest BCUT2D eigenvalue weighted by Crippen LogP contribution is 2.24. The molecule has 1 N–H and O–H groups in total. The van der Waals surface area contributed by atoms with Crippen molar-refractivity contribution in [2.24, 2.45) is 0 Å². The molecule has 1 aliphatic heterocycles. The van der Waals surface area contributed by atoms with Gasteiger partial charge in [0.15, 0.2) is 0 Å². The van der Waals surface area contributed by atoms with Crippen LogP contribution < -0.4 is 34.0 Å². The first-order chi connectivity index (χ1) is 16.0. The van der Waals surface area contributed by atoms with Crippen LogP contribution in [0.15, 0.2) is 78.9 Å². The van der Waals surface area contributed by atoms with Gasteiger partial charge in [-0.05, 0) is 72.4 Å². The minimum atomic E-state index is -0.132. The highest BCUT2D eigenvalue weighted by Gasteiger charge is 2.24. The standard InChI is InChI=1S/C29H32N2O2.HI/c1-31(19-4-3-5-20-31)22-24-9-14-27(15-10-24)30-29(32)18-11-23-7-6-8-26(21-23)25-12-16-28(33-2)17-13-25;/h6-18,21H,3-5,19-20,22H2,1-2H3;1H. The Morgan fingerprint density at radius 3 is 2.32 bits per heavy atom. The Kier molecular flexibility index (Phi) is 9.30. The monoisotopic (exact) mass is 568 g/mol. The summed E-state index contributed by atoms with van der Waals surface area (Å²) >= 11 is 0. The first-order valence-corrected chi connectivity index (χ1v) is 11.7. The van der Waals surface area contributed by atoms with Gasteiger partial charge in [0, 0.05) is 17.3 Å². The molecule has 0 unspecified atom stereocenters. The van der Waals surface area contributed by atoms with Crippen LogP contribution in [0.5, 0.6) is 5.75 Å². The third-order valence-electron chi connectivity index (χ3n) is 6.42. The average molecular weight is 568 g/mol. The van der Waals surface area contributed by atoms with Gasteiger partial charge in [-0.15, -0.1) is 0 Å². The molecule has 0 aromatic heterocycles. The second-order valence-electron chi connectivity index (χ2n) is 9.16. The van der Waals surface area contributed by atoms with Crippen LogP contribution in [-0.2, 0) is 11.3 Å². The largest absolute Gasteiger partial charge is 1.00 e. The van der Waals surface area contributed by atoms with E-state index >= 15 is 0 Å². The number of amides is 1. The van der Waals surface area contributed by atoms with Crippen molar-refractivity contribution in [1.82, 2.24) is 0 Å². The lowest BCUT2D eigenvalue weighted by atomic mass is 10.0. The summed E-state index contributed by atoms with van der Waals surface area (Å²) in [4.78, 5) is 12.4. The Morgan fingerprint density at radius 1 is 0.941 bits per heavy atom. The van der Waals surface area contributed by atoms with E-state index in [0.717, 1.165) is 39.2 Å². The fourth-order valence-electron chi connectivity index (χ4n) is 4.53. The van der Waals surface area contributed by atoms with Crippen LogP contribution in [0.1, 0.15) is 30.4 Å². The first kappa shape index (κ1) is 26.0. The van der Waals surface area contributed by atoms with Gasteiger partial charge in [0.05, 0.1) is 27.2 Å². The number of benzene rings is 3. The lowest BCUT2D eigenvalue weighted by molar-refractivity contribution is -0.926.